The predicted molar refractivity (Wildman–Crippen MR) is 87.9 cm³/mol. The van der Waals surface area contributed by atoms with Crippen molar-refractivity contribution in [1.82, 2.24) is 9.71 Å². The van der Waals surface area contributed by atoms with Crippen LogP contribution in [-0.2, 0) is 10.0 Å². The molecule has 0 spiro atoms. The molecule has 0 unspecified atom stereocenters. The van der Waals surface area contributed by atoms with Gasteiger partial charge in [0.15, 0.2) is 5.58 Å². The number of halogens is 2. The topological polar surface area (TPSA) is 109 Å². The van der Waals surface area contributed by atoms with Crippen molar-refractivity contribution >= 4 is 50.2 Å². The number of aromatic nitrogens is 1. The molecule has 10 heteroatoms. The van der Waals surface area contributed by atoms with Gasteiger partial charge in [0.05, 0.1) is 10.5 Å². The Morgan fingerprint density at radius 3 is 2.58 bits per heavy atom. The van der Waals surface area contributed by atoms with Crippen LogP contribution in [0.25, 0.3) is 11.1 Å². The second-order valence-corrected chi connectivity index (χ2v) is 7.23. The van der Waals surface area contributed by atoms with Gasteiger partial charge in [-0.25, -0.2) is 17.9 Å². The van der Waals surface area contributed by atoms with Crippen LogP contribution in [-0.4, -0.2) is 19.3 Å². The molecule has 124 valence electrons. The minimum absolute atomic E-state index is 0.0215. The Morgan fingerprint density at radius 2 is 1.88 bits per heavy atom. The lowest BCUT2D eigenvalue weighted by Gasteiger charge is -2.08. The number of rotatable bonds is 3. The highest BCUT2D eigenvalue weighted by Gasteiger charge is 2.22. The largest absolute Gasteiger partial charge is 0.417 e. The fraction of sp³-hybridized carbons (Fsp3) is 0. The number of carbonyl (C=O) groups is 1. The van der Waals surface area contributed by atoms with Crippen LogP contribution in [0.5, 0.6) is 0 Å². The molecule has 0 aliphatic heterocycles. The first-order valence-electron chi connectivity index (χ1n) is 6.41. The van der Waals surface area contributed by atoms with Crippen molar-refractivity contribution in [3.8, 4) is 0 Å². The Hall–Kier alpha value is -2.29. The third kappa shape index (κ3) is 3.16. The Bertz CT molecular complexity index is 1120. The van der Waals surface area contributed by atoms with E-state index in [9.17, 15) is 18.0 Å². The molecular formula is C14H8Cl2N2O5S. The second-order valence-electron chi connectivity index (χ2n) is 4.73. The Morgan fingerprint density at radius 1 is 1.12 bits per heavy atom. The molecule has 7 nitrogen and oxygen atoms in total. The molecule has 0 aliphatic rings. The number of H-pyrrole nitrogens is 1. The van der Waals surface area contributed by atoms with E-state index in [1.807, 2.05) is 4.72 Å². The van der Waals surface area contributed by atoms with Crippen LogP contribution in [0.2, 0.25) is 10.0 Å². The molecular weight excluding hydrogens is 379 g/mol. The monoisotopic (exact) mass is 386 g/mol. The highest BCUT2D eigenvalue weighted by Crippen LogP contribution is 2.25. The maximum atomic E-state index is 12.3. The molecule has 0 bridgehead atoms. The van der Waals surface area contributed by atoms with E-state index in [-0.39, 0.29) is 31.6 Å². The molecule has 2 N–H and O–H groups in total. The van der Waals surface area contributed by atoms with Gasteiger partial charge in [0.25, 0.3) is 15.9 Å². The van der Waals surface area contributed by atoms with Crippen molar-refractivity contribution in [1.29, 1.82) is 0 Å². The molecule has 3 rings (SSSR count). The minimum Gasteiger partial charge on any atom is -0.408 e. The van der Waals surface area contributed by atoms with E-state index >= 15 is 0 Å². The Kier molecular flexibility index (Phi) is 4.12. The molecule has 24 heavy (non-hydrogen) atoms. The van der Waals surface area contributed by atoms with E-state index in [0.717, 1.165) is 0 Å². The fourth-order valence-corrected chi connectivity index (χ4v) is 3.77. The van der Waals surface area contributed by atoms with Crippen LogP contribution in [0.4, 0.5) is 0 Å². The summed E-state index contributed by atoms with van der Waals surface area (Å²) < 4.78 is 31.3. The van der Waals surface area contributed by atoms with Gasteiger partial charge in [-0.3, -0.25) is 9.78 Å². The summed E-state index contributed by atoms with van der Waals surface area (Å²) in [6.07, 6.45) is 0. The van der Waals surface area contributed by atoms with E-state index in [1.54, 1.807) is 0 Å². The van der Waals surface area contributed by atoms with Gasteiger partial charge in [-0.2, -0.15) is 0 Å². The summed E-state index contributed by atoms with van der Waals surface area (Å²) in [4.78, 5) is 25.4. The lowest BCUT2D eigenvalue weighted by atomic mass is 10.2. The first-order chi connectivity index (χ1) is 11.3. The lowest BCUT2D eigenvalue weighted by Crippen LogP contribution is -2.30. The van der Waals surface area contributed by atoms with Crippen LogP contribution in [0, 0.1) is 0 Å². The third-order valence-electron chi connectivity index (χ3n) is 3.09. The van der Waals surface area contributed by atoms with Crippen LogP contribution in [0.1, 0.15) is 10.4 Å². The molecule has 1 heterocycles. The summed E-state index contributed by atoms with van der Waals surface area (Å²) in [7, 11) is -4.19. The molecule has 1 aromatic heterocycles. The molecule has 0 saturated carbocycles. The standard InChI is InChI=1S/C14H8Cl2N2O5S/c15-8-2-4-12(9(16)6-8)24(21,22)18-13(19)7-1-3-11-10(5-7)17-14(20)23-11/h1-6H,(H,17,20)(H,18,19). The van der Waals surface area contributed by atoms with Crippen LogP contribution < -0.4 is 10.5 Å². The molecule has 3 aromatic rings. The predicted octanol–water partition coefficient (Wildman–Crippen LogP) is 2.55. The normalized spacial score (nSPS) is 11.6. The third-order valence-corrected chi connectivity index (χ3v) is 5.14. The van der Waals surface area contributed by atoms with E-state index in [1.165, 1.54) is 36.4 Å². The average molecular weight is 387 g/mol. The van der Waals surface area contributed by atoms with E-state index in [2.05, 4.69) is 4.98 Å². The van der Waals surface area contributed by atoms with Gasteiger partial charge in [-0.05, 0) is 36.4 Å². The number of hydrogen-bond donors (Lipinski definition) is 2. The summed E-state index contributed by atoms with van der Waals surface area (Å²) in [6.45, 7) is 0. The van der Waals surface area contributed by atoms with Gasteiger partial charge >= 0.3 is 5.76 Å². The van der Waals surface area contributed by atoms with Crippen molar-refractivity contribution in [3.05, 3.63) is 62.6 Å². The smallest absolute Gasteiger partial charge is 0.408 e. The number of benzene rings is 2. The summed E-state index contributed by atoms with van der Waals surface area (Å²) in [5.74, 6) is -1.56. The molecule has 1 amide bonds. The summed E-state index contributed by atoms with van der Waals surface area (Å²) in [5.41, 5.74) is 0.544. The lowest BCUT2D eigenvalue weighted by molar-refractivity contribution is 0.0981. The number of aromatic amines is 1. The molecule has 0 atom stereocenters. The van der Waals surface area contributed by atoms with Gasteiger partial charge in [-0.1, -0.05) is 23.2 Å². The molecule has 0 radical (unpaired) electrons. The van der Waals surface area contributed by atoms with Crippen molar-refractivity contribution in [3.63, 3.8) is 0 Å². The average Bonchev–Trinajstić information content (AvgIpc) is 2.85. The summed E-state index contributed by atoms with van der Waals surface area (Å²) >= 11 is 11.6. The van der Waals surface area contributed by atoms with E-state index in [4.69, 9.17) is 27.6 Å². The molecule has 0 saturated heterocycles. The fourth-order valence-electron chi connectivity index (χ4n) is 2.02. The maximum Gasteiger partial charge on any atom is 0.417 e. The highest BCUT2D eigenvalue weighted by atomic mass is 35.5. The van der Waals surface area contributed by atoms with Crippen molar-refractivity contribution in [2.75, 3.05) is 0 Å². The second kappa shape index (κ2) is 5.97. The summed E-state index contributed by atoms with van der Waals surface area (Å²) in [5, 5.41) is 0.150. The minimum atomic E-state index is -4.19. The van der Waals surface area contributed by atoms with Crippen molar-refractivity contribution < 1.29 is 17.6 Å². The molecule has 0 fully saturated rings. The SMILES string of the molecule is O=C(NS(=O)(=O)c1ccc(Cl)cc1Cl)c1ccc2oc(=O)[nH]c2c1. The zero-order valence-electron chi connectivity index (χ0n) is 11.7. The first kappa shape index (κ1) is 16.6. The molecule has 0 aliphatic carbocycles. The maximum absolute atomic E-state index is 12.3. The number of fused-ring (bicyclic) bond motifs is 1. The van der Waals surface area contributed by atoms with Gasteiger partial charge < -0.3 is 4.42 Å². The summed E-state index contributed by atoms with van der Waals surface area (Å²) in [6, 6.07) is 7.79. The number of hydrogen-bond acceptors (Lipinski definition) is 5. The van der Waals surface area contributed by atoms with Crippen LogP contribution >= 0.6 is 23.2 Å². The highest BCUT2D eigenvalue weighted by molar-refractivity contribution is 7.90. The number of nitrogens with one attached hydrogen (secondary N) is 2. The van der Waals surface area contributed by atoms with Gasteiger partial charge in [-0.15, -0.1) is 0 Å². The van der Waals surface area contributed by atoms with Crippen LogP contribution in [0.3, 0.4) is 0 Å². The zero-order chi connectivity index (χ0) is 17.5. The van der Waals surface area contributed by atoms with Gasteiger partial charge in [0.2, 0.25) is 0 Å². The quantitative estimate of drug-likeness (QED) is 0.718. The van der Waals surface area contributed by atoms with E-state index in [0.29, 0.717) is 0 Å². The Labute approximate surface area is 145 Å². The number of amides is 1. The Balaban J connectivity index is 1.93. The van der Waals surface area contributed by atoms with Crippen molar-refractivity contribution in [2.45, 2.75) is 4.90 Å². The zero-order valence-corrected chi connectivity index (χ0v) is 14.0. The van der Waals surface area contributed by atoms with E-state index < -0.39 is 21.7 Å². The number of oxazole rings is 1. The first-order valence-corrected chi connectivity index (χ1v) is 8.65. The van der Waals surface area contributed by atoms with Crippen molar-refractivity contribution in [2.24, 2.45) is 0 Å². The van der Waals surface area contributed by atoms with Crippen LogP contribution in [0.15, 0.2) is 50.5 Å². The van der Waals surface area contributed by atoms with Gasteiger partial charge in [0.1, 0.15) is 4.90 Å². The molecule has 2 aromatic carbocycles. The number of sulfonamides is 1. The van der Waals surface area contributed by atoms with Gasteiger partial charge in [0, 0.05) is 10.6 Å². The number of carbonyl (C=O) groups excluding carboxylic acids is 1.